The number of allylic oxidation sites excluding steroid dienone is 4. The van der Waals surface area contributed by atoms with Gasteiger partial charge in [0.15, 0.2) is 0 Å². The van der Waals surface area contributed by atoms with Gasteiger partial charge in [-0.15, -0.1) is 0 Å². The molecule has 7 heteroatoms. The Morgan fingerprint density at radius 2 is 2.15 bits per heavy atom. The molecule has 1 aromatic rings. The van der Waals surface area contributed by atoms with Crippen molar-refractivity contribution < 1.29 is 9.53 Å². The summed E-state index contributed by atoms with van der Waals surface area (Å²) in [7, 11) is 0. The number of amides is 1. The van der Waals surface area contributed by atoms with Crippen LogP contribution in [0.25, 0.3) is 0 Å². The van der Waals surface area contributed by atoms with Crippen LogP contribution in [0.3, 0.4) is 0 Å². The normalized spacial score (nSPS) is 31.4. The van der Waals surface area contributed by atoms with E-state index in [4.69, 9.17) is 16.3 Å². The maximum atomic E-state index is 11.4. The summed E-state index contributed by atoms with van der Waals surface area (Å²) < 4.78 is 5.46. The van der Waals surface area contributed by atoms with Gasteiger partial charge in [-0.3, -0.25) is 9.69 Å². The Balaban J connectivity index is 1.62. The Bertz CT molecular complexity index is 971. The van der Waals surface area contributed by atoms with Crippen LogP contribution in [0.15, 0.2) is 54.3 Å². The van der Waals surface area contributed by atoms with E-state index in [1.54, 1.807) is 0 Å². The smallest absolute Gasteiger partial charge is 0.211 e. The second-order valence-electron chi connectivity index (χ2n) is 9.85. The fourth-order valence-corrected chi connectivity index (χ4v) is 6.13. The standard InChI is InChI=1S/C27H37ClN4O2/c1-18-6-5-7-22(18)25-26(19(2)29-10-11-32-12-14-34-15-13-32)31-20(3)27(25,4)23-9-8-21(28)16-24(23)30-17-33/h5-9,16-17,20,22,25-26,29,31H,2,10-15H2,1,3-4H3,(H,30,33)/t20-,22?,25?,26+,27+/m1/s1. The molecule has 5 atom stereocenters. The molecule has 4 rings (SSSR count). The third kappa shape index (κ3) is 4.82. The van der Waals surface area contributed by atoms with Crippen LogP contribution in [0.4, 0.5) is 5.69 Å². The van der Waals surface area contributed by atoms with Gasteiger partial charge in [0.1, 0.15) is 0 Å². The molecule has 1 aliphatic carbocycles. The zero-order valence-corrected chi connectivity index (χ0v) is 21.2. The molecule has 1 aromatic carbocycles. The van der Waals surface area contributed by atoms with Crippen LogP contribution in [0.2, 0.25) is 5.02 Å². The van der Waals surface area contributed by atoms with E-state index in [9.17, 15) is 4.79 Å². The number of ether oxygens (including phenoxy) is 1. The van der Waals surface area contributed by atoms with Gasteiger partial charge in [0.25, 0.3) is 0 Å². The molecule has 3 N–H and O–H groups in total. The van der Waals surface area contributed by atoms with E-state index in [1.807, 2.05) is 12.1 Å². The minimum absolute atomic E-state index is 0.0700. The summed E-state index contributed by atoms with van der Waals surface area (Å²) in [5, 5.41) is 11.0. The van der Waals surface area contributed by atoms with E-state index in [2.05, 4.69) is 72.5 Å². The number of nitrogens with zero attached hydrogens (tertiary/aromatic N) is 1. The first kappa shape index (κ1) is 25.0. The van der Waals surface area contributed by atoms with Crippen LogP contribution in [0, 0.1) is 11.8 Å². The monoisotopic (exact) mass is 484 g/mol. The van der Waals surface area contributed by atoms with Crippen molar-refractivity contribution in [2.45, 2.75) is 38.3 Å². The van der Waals surface area contributed by atoms with Gasteiger partial charge >= 0.3 is 0 Å². The summed E-state index contributed by atoms with van der Waals surface area (Å²) in [6, 6.07) is 6.04. The highest BCUT2D eigenvalue weighted by molar-refractivity contribution is 6.31. The van der Waals surface area contributed by atoms with Crippen LogP contribution < -0.4 is 16.0 Å². The van der Waals surface area contributed by atoms with Gasteiger partial charge in [0.05, 0.1) is 19.3 Å². The fraction of sp³-hybridized carbons (Fsp3) is 0.519. The fourth-order valence-electron chi connectivity index (χ4n) is 5.96. The first-order valence-corrected chi connectivity index (χ1v) is 12.6. The third-order valence-corrected chi connectivity index (χ3v) is 8.24. The lowest BCUT2D eigenvalue weighted by Crippen LogP contribution is -2.44. The van der Waals surface area contributed by atoms with Crippen molar-refractivity contribution in [2.75, 3.05) is 44.7 Å². The average molecular weight is 485 g/mol. The van der Waals surface area contributed by atoms with Gasteiger partial charge in [-0.05, 0) is 31.5 Å². The lowest BCUT2D eigenvalue weighted by molar-refractivity contribution is -0.105. The molecule has 1 amide bonds. The Labute approximate surface area is 208 Å². The first-order valence-electron chi connectivity index (χ1n) is 12.2. The lowest BCUT2D eigenvalue weighted by atomic mass is 9.62. The summed E-state index contributed by atoms with van der Waals surface area (Å²) >= 11 is 6.30. The molecule has 2 fully saturated rings. The molecular weight excluding hydrogens is 448 g/mol. The van der Waals surface area contributed by atoms with E-state index in [0.29, 0.717) is 5.02 Å². The van der Waals surface area contributed by atoms with Crippen LogP contribution in [-0.4, -0.2) is 62.8 Å². The molecule has 6 nitrogen and oxygen atoms in total. The van der Waals surface area contributed by atoms with Gasteiger partial charge in [-0.2, -0.15) is 0 Å². The molecule has 0 bridgehead atoms. The van der Waals surface area contributed by atoms with Crippen LogP contribution in [0.1, 0.15) is 26.3 Å². The first-order chi connectivity index (χ1) is 16.4. The molecule has 3 aliphatic rings. The molecule has 34 heavy (non-hydrogen) atoms. The molecule has 2 unspecified atom stereocenters. The van der Waals surface area contributed by atoms with Crippen molar-refractivity contribution >= 4 is 23.7 Å². The Kier molecular flexibility index (Phi) is 7.83. The van der Waals surface area contributed by atoms with Crippen molar-refractivity contribution in [3.05, 3.63) is 64.9 Å². The Hall–Kier alpha value is -2.12. The molecule has 184 valence electrons. The minimum Gasteiger partial charge on any atom is -0.386 e. The number of hydrogen-bond acceptors (Lipinski definition) is 5. The molecule has 0 spiro atoms. The van der Waals surface area contributed by atoms with Crippen molar-refractivity contribution in [1.82, 2.24) is 15.5 Å². The number of nitrogens with one attached hydrogen (secondary N) is 3. The van der Waals surface area contributed by atoms with Gasteiger partial charge < -0.3 is 20.7 Å². The quantitative estimate of drug-likeness (QED) is 0.466. The van der Waals surface area contributed by atoms with E-state index in [1.165, 1.54) is 5.57 Å². The van der Waals surface area contributed by atoms with Gasteiger partial charge in [0.2, 0.25) is 6.41 Å². The highest BCUT2D eigenvalue weighted by Gasteiger charge is 2.55. The number of anilines is 1. The summed E-state index contributed by atoms with van der Waals surface area (Å²) in [6.45, 7) is 16.6. The molecule has 0 radical (unpaired) electrons. The zero-order chi connectivity index (χ0) is 24.3. The highest BCUT2D eigenvalue weighted by atomic mass is 35.5. The van der Waals surface area contributed by atoms with Crippen LogP contribution >= 0.6 is 11.6 Å². The predicted molar refractivity (Wildman–Crippen MR) is 139 cm³/mol. The maximum absolute atomic E-state index is 11.4. The number of morpholine rings is 1. The van der Waals surface area contributed by atoms with Crippen LogP contribution in [-0.2, 0) is 14.9 Å². The number of benzene rings is 1. The molecule has 2 saturated heterocycles. The van der Waals surface area contributed by atoms with Crippen LogP contribution in [0.5, 0.6) is 0 Å². The summed E-state index contributed by atoms with van der Waals surface area (Å²) in [4.78, 5) is 13.8. The second-order valence-corrected chi connectivity index (χ2v) is 10.3. The van der Waals surface area contributed by atoms with Crippen molar-refractivity contribution in [2.24, 2.45) is 11.8 Å². The van der Waals surface area contributed by atoms with Crippen molar-refractivity contribution in [1.29, 1.82) is 0 Å². The van der Waals surface area contributed by atoms with E-state index in [-0.39, 0.29) is 29.3 Å². The molecule has 0 aromatic heterocycles. The van der Waals surface area contributed by atoms with Crippen molar-refractivity contribution in [3.8, 4) is 0 Å². The van der Waals surface area contributed by atoms with Crippen molar-refractivity contribution in [3.63, 3.8) is 0 Å². The van der Waals surface area contributed by atoms with E-state index in [0.717, 1.165) is 62.8 Å². The summed E-state index contributed by atoms with van der Waals surface area (Å²) in [6.07, 6.45) is 7.38. The Morgan fingerprint density at radius 3 is 2.82 bits per heavy atom. The SMILES string of the molecule is C=C(NCCN1CCOCC1)[C@@H]1N[C@H](C)[C@@](C)(c2ccc(Cl)cc2NC=O)C1C1C=CC=C1C. The summed E-state index contributed by atoms with van der Waals surface area (Å²) in [5.41, 5.74) is 3.94. The topological polar surface area (TPSA) is 65.6 Å². The maximum Gasteiger partial charge on any atom is 0.211 e. The number of hydrogen-bond donors (Lipinski definition) is 3. The molecule has 2 aliphatic heterocycles. The second kappa shape index (κ2) is 10.6. The van der Waals surface area contributed by atoms with Gasteiger partial charge in [-0.25, -0.2) is 0 Å². The molecule has 2 heterocycles. The summed E-state index contributed by atoms with van der Waals surface area (Å²) in [5.74, 6) is 0.472. The third-order valence-electron chi connectivity index (χ3n) is 8.01. The number of carbonyl (C=O) groups excluding carboxylic acids is 1. The van der Waals surface area contributed by atoms with Gasteiger partial charge in [-0.1, -0.05) is 55.0 Å². The predicted octanol–water partition coefficient (Wildman–Crippen LogP) is 3.71. The largest absolute Gasteiger partial charge is 0.386 e. The molecular formula is C27H37ClN4O2. The lowest BCUT2D eigenvalue weighted by Gasteiger charge is -2.41. The van der Waals surface area contributed by atoms with Gasteiger partial charge in [0, 0.05) is 65.9 Å². The van der Waals surface area contributed by atoms with E-state index >= 15 is 0 Å². The Morgan fingerprint density at radius 1 is 1.38 bits per heavy atom. The number of carbonyl (C=O) groups is 1. The molecule has 0 saturated carbocycles. The number of rotatable bonds is 9. The minimum atomic E-state index is -0.274. The van der Waals surface area contributed by atoms with E-state index < -0.39 is 0 Å². The highest BCUT2D eigenvalue weighted by Crippen LogP contribution is 2.52. The zero-order valence-electron chi connectivity index (χ0n) is 20.4. The number of halogens is 1. The average Bonchev–Trinajstić information content (AvgIpc) is 3.35.